The Balaban J connectivity index is 1.87. The third kappa shape index (κ3) is 3.42. The summed E-state index contributed by atoms with van der Waals surface area (Å²) in [5.41, 5.74) is 0. The Hall–Kier alpha value is -1.30. The molecule has 20 heavy (non-hydrogen) atoms. The molecule has 0 aromatic heterocycles. The molecular weight excluding hydrogens is 258 g/mol. The summed E-state index contributed by atoms with van der Waals surface area (Å²) >= 11 is 0. The van der Waals surface area contributed by atoms with Gasteiger partial charge in [-0.15, -0.1) is 0 Å². The van der Waals surface area contributed by atoms with Crippen LogP contribution in [0.4, 0.5) is 4.79 Å². The number of aliphatic carboxylic acids is 1. The minimum Gasteiger partial charge on any atom is -0.481 e. The van der Waals surface area contributed by atoms with Crippen molar-refractivity contribution in [2.24, 2.45) is 5.92 Å². The normalized spacial score (nSPS) is 24.9. The number of piperazine rings is 1. The molecule has 2 saturated heterocycles. The van der Waals surface area contributed by atoms with Gasteiger partial charge in [-0.25, -0.2) is 4.79 Å². The van der Waals surface area contributed by atoms with Crippen LogP contribution in [-0.2, 0) is 4.79 Å². The topological polar surface area (TPSA) is 64.1 Å². The van der Waals surface area contributed by atoms with Crippen LogP contribution >= 0.6 is 0 Å². The second kappa shape index (κ2) is 6.43. The molecule has 2 rings (SSSR count). The van der Waals surface area contributed by atoms with Crippen LogP contribution in [0.1, 0.15) is 26.2 Å². The second-order valence-electron chi connectivity index (χ2n) is 6.03. The summed E-state index contributed by atoms with van der Waals surface area (Å²) in [6.45, 7) is 5.52. The van der Waals surface area contributed by atoms with Gasteiger partial charge in [0.15, 0.2) is 0 Å². The lowest BCUT2D eigenvalue weighted by Crippen LogP contribution is -2.58. The van der Waals surface area contributed by atoms with Gasteiger partial charge in [0.2, 0.25) is 0 Å². The van der Waals surface area contributed by atoms with Crippen LogP contribution in [-0.4, -0.2) is 77.6 Å². The van der Waals surface area contributed by atoms with Crippen LogP contribution < -0.4 is 0 Å². The number of amides is 2. The van der Waals surface area contributed by atoms with Gasteiger partial charge in [0, 0.05) is 39.3 Å². The van der Waals surface area contributed by atoms with Crippen LogP contribution in [0.2, 0.25) is 0 Å². The molecule has 2 amide bonds. The number of carbonyl (C=O) groups is 2. The number of hydrogen-bond donors (Lipinski definition) is 1. The zero-order valence-electron chi connectivity index (χ0n) is 12.4. The Morgan fingerprint density at radius 3 is 2.75 bits per heavy atom. The Bertz CT molecular complexity index is 375. The maximum atomic E-state index is 12.4. The van der Waals surface area contributed by atoms with E-state index in [0.717, 1.165) is 26.2 Å². The highest BCUT2D eigenvalue weighted by atomic mass is 16.4. The minimum atomic E-state index is -0.859. The molecular formula is C14H25N3O3. The fourth-order valence-corrected chi connectivity index (χ4v) is 3.14. The predicted molar refractivity (Wildman–Crippen MR) is 75.6 cm³/mol. The van der Waals surface area contributed by atoms with Crippen molar-refractivity contribution >= 4 is 12.0 Å². The van der Waals surface area contributed by atoms with Gasteiger partial charge in [0.25, 0.3) is 0 Å². The van der Waals surface area contributed by atoms with E-state index < -0.39 is 11.9 Å². The molecule has 114 valence electrons. The molecule has 0 aliphatic carbocycles. The summed E-state index contributed by atoms with van der Waals surface area (Å²) in [5, 5.41) is 8.92. The molecule has 0 radical (unpaired) electrons. The molecule has 0 aromatic carbocycles. The quantitative estimate of drug-likeness (QED) is 0.837. The standard InChI is InChI=1S/C14H25N3O3/c1-11(13(18)19)9-15(2)14(20)17-8-7-16-6-4-3-5-12(16)10-17/h11-12H,3-10H2,1-2H3,(H,18,19). The number of hydrogen-bond acceptors (Lipinski definition) is 3. The number of nitrogens with zero attached hydrogens (tertiary/aromatic N) is 3. The highest BCUT2D eigenvalue weighted by molar-refractivity contribution is 5.76. The van der Waals surface area contributed by atoms with E-state index in [0.29, 0.717) is 6.04 Å². The zero-order chi connectivity index (χ0) is 14.7. The fourth-order valence-electron chi connectivity index (χ4n) is 3.14. The molecule has 6 heteroatoms. The van der Waals surface area contributed by atoms with Crippen molar-refractivity contribution in [3.8, 4) is 0 Å². The van der Waals surface area contributed by atoms with E-state index in [-0.39, 0.29) is 12.6 Å². The number of fused-ring (bicyclic) bond motifs is 1. The number of carboxylic acids is 1. The van der Waals surface area contributed by atoms with Gasteiger partial charge in [-0.3, -0.25) is 9.69 Å². The zero-order valence-corrected chi connectivity index (χ0v) is 12.4. The van der Waals surface area contributed by atoms with Crippen LogP contribution in [0, 0.1) is 5.92 Å². The third-order valence-electron chi connectivity index (χ3n) is 4.40. The smallest absolute Gasteiger partial charge is 0.319 e. The van der Waals surface area contributed by atoms with Gasteiger partial charge in [-0.05, 0) is 19.4 Å². The van der Waals surface area contributed by atoms with E-state index in [1.54, 1.807) is 14.0 Å². The van der Waals surface area contributed by atoms with Gasteiger partial charge in [0.1, 0.15) is 0 Å². The summed E-state index contributed by atoms with van der Waals surface area (Å²) < 4.78 is 0. The maximum absolute atomic E-state index is 12.4. The molecule has 2 atom stereocenters. The lowest BCUT2D eigenvalue weighted by Gasteiger charge is -2.44. The Labute approximate surface area is 120 Å². The average Bonchev–Trinajstić information content (AvgIpc) is 2.45. The van der Waals surface area contributed by atoms with E-state index in [9.17, 15) is 9.59 Å². The molecule has 6 nitrogen and oxygen atoms in total. The van der Waals surface area contributed by atoms with Crippen molar-refractivity contribution in [3.05, 3.63) is 0 Å². The van der Waals surface area contributed by atoms with Crippen molar-refractivity contribution in [1.29, 1.82) is 0 Å². The first kappa shape index (κ1) is 15.1. The van der Waals surface area contributed by atoms with Gasteiger partial charge < -0.3 is 14.9 Å². The van der Waals surface area contributed by atoms with Crippen LogP contribution in [0.25, 0.3) is 0 Å². The van der Waals surface area contributed by atoms with E-state index >= 15 is 0 Å². The number of carboxylic acid groups (broad SMARTS) is 1. The van der Waals surface area contributed by atoms with Crippen LogP contribution in [0.3, 0.4) is 0 Å². The summed E-state index contributed by atoms with van der Waals surface area (Å²) in [5.74, 6) is -1.39. The Morgan fingerprint density at radius 1 is 1.30 bits per heavy atom. The summed E-state index contributed by atoms with van der Waals surface area (Å²) in [7, 11) is 1.69. The van der Waals surface area contributed by atoms with E-state index in [4.69, 9.17) is 5.11 Å². The van der Waals surface area contributed by atoms with Crippen LogP contribution in [0.5, 0.6) is 0 Å². The Morgan fingerprint density at radius 2 is 2.05 bits per heavy atom. The van der Waals surface area contributed by atoms with Gasteiger partial charge in [-0.1, -0.05) is 13.3 Å². The van der Waals surface area contributed by atoms with E-state index in [1.807, 2.05) is 4.90 Å². The summed E-state index contributed by atoms with van der Waals surface area (Å²) in [6.07, 6.45) is 3.68. The number of carbonyl (C=O) groups excluding carboxylic acids is 1. The number of rotatable bonds is 3. The summed E-state index contributed by atoms with van der Waals surface area (Å²) in [6, 6.07) is 0.454. The Kier molecular flexibility index (Phi) is 4.86. The third-order valence-corrected chi connectivity index (χ3v) is 4.40. The van der Waals surface area contributed by atoms with Crippen molar-refractivity contribution in [2.75, 3.05) is 39.8 Å². The fraction of sp³-hybridized carbons (Fsp3) is 0.857. The minimum absolute atomic E-state index is 0.0386. The van der Waals surface area contributed by atoms with Crippen molar-refractivity contribution in [3.63, 3.8) is 0 Å². The van der Waals surface area contributed by atoms with Gasteiger partial charge >= 0.3 is 12.0 Å². The SMILES string of the molecule is CC(CN(C)C(=O)N1CCN2CCCCC2C1)C(=O)O. The van der Waals surface area contributed by atoms with Crippen LogP contribution in [0.15, 0.2) is 0 Å². The molecule has 0 saturated carbocycles. The molecule has 0 aromatic rings. The van der Waals surface area contributed by atoms with Gasteiger partial charge in [0.05, 0.1) is 5.92 Å². The van der Waals surface area contributed by atoms with Crippen molar-refractivity contribution < 1.29 is 14.7 Å². The first-order valence-corrected chi connectivity index (χ1v) is 7.46. The monoisotopic (exact) mass is 283 g/mol. The second-order valence-corrected chi connectivity index (χ2v) is 6.03. The molecule has 2 aliphatic rings. The highest BCUT2D eigenvalue weighted by Gasteiger charge is 2.32. The molecule has 0 spiro atoms. The molecule has 2 unspecified atom stereocenters. The first-order chi connectivity index (χ1) is 9.49. The number of urea groups is 1. The lowest BCUT2D eigenvalue weighted by molar-refractivity contribution is -0.141. The molecule has 2 heterocycles. The summed E-state index contributed by atoms with van der Waals surface area (Å²) in [4.78, 5) is 29.1. The van der Waals surface area contributed by atoms with E-state index in [1.165, 1.54) is 24.2 Å². The maximum Gasteiger partial charge on any atom is 0.319 e. The molecule has 2 aliphatic heterocycles. The average molecular weight is 283 g/mol. The predicted octanol–water partition coefficient (Wildman–Crippen LogP) is 0.929. The lowest BCUT2D eigenvalue weighted by atomic mass is 10.00. The molecule has 0 bridgehead atoms. The highest BCUT2D eigenvalue weighted by Crippen LogP contribution is 2.21. The number of piperidine rings is 1. The van der Waals surface area contributed by atoms with Gasteiger partial charge in [-0.2, -0.15) is 0 Å². The van der Waals surface area contributed by atoms with Crippen molar-refractivity contribution in [1.82, 2.24) is 14.7 Å². The molecule has 1 N–H and O–H groups in total. The van der Waals surface area contributed by atoms with Crippen molar-refractivity contribution in [2.45, 2.75) is 32.2 Å². The largest absolute Gasteiger partial charge is 0.481 e. The first-order valence-electron chi connectivity index (χ1n) is 7.46. The molecule has 2 fully saturated rings. The van der Waals surface area contributed by atoms with E-state index in [2.05, 4.69) is 4.90 Å².